The van der Waals surface area contributed by atoms with Crippen LogP contribution in [0.4, 0.5) is 10.1 Å². The molecule has 1 N–H and O–H groups in total. The van der Waals surface area contributed by atoms with Gasteiger partial charge in [-0.05, 0) is 36.4 Å². The summed E-state index contributed by atoms with van der Waals surface area (Å²) in [6.07, 6.45) is 0. The number of hydrogen-bond acceptors (Lipinski definition) is 3. The number of anilines is 1. The maximum Gasteiger partial charge on any atom is 0.259 e. The van der Waals surface area contributed by atoms with Crippen molar-refractivity contribution in [1.82, 2.24) is 4.90 Å². The van der Waals surface area contributed by atoms with Crippen molar-refractivity contribution in [3.8, 4) is 5.75 Å². The van der Waals surface area contributed by atoms with E-state index in [4.69, 9.17) is 27.9 Å². The molecule has 0 spiro atoms. The number of carbonyl (C=O) groups is 2. The minimum Gasteiger partial charge on any atom is -0.484 e. The van der Waals surface area contributed by atoms with Gasteiger partial charge in [-0.15, -0.1) is 0 Å². The normalized spacial score (nSPS) is 10.3. The quantitative estimate of drug-likeness (QED) is 0.796. The van der Waals surface area contributed by atoms with Crippen molar-refractivity contribution in [1.29, 1.82) is 0 Å². The molecule has 0 bridgehead atoms. The van der Waals surface area contributed by atoms with Crippen molar-refractivity contribution in [2.45, 2.75) is 0 Å². The number of ether oxygens (including phenoxy) is 1. The Morgan fingerprint density at radius 1 is 1.12 bits per heavy atom. The molecule has 0 aromatic heterocycles. The molecule has 2 amide bonds. The Balaban J connectivity index is 2.02. The zero-order chi connectivity index (χ0) is 18.6. The van der Waals surface area contributed by atoms with Crippen LogP contribution in [0, 0.1) is 5.82 Å². The number of benzene rings is 2. The summed E-state index contributed by atoms with van der Waals surface area (Å²) in [5, 5.41) is 2.48. The van der Waals surface area contributed by atoms with Gasteiger partial charge in [0.25, 0.3) is 11.8 Å². The van der Waals surface area contributed by atoms with Crippen LogP contribution in [-0.2, 0) is 4.79 Å². The second kappa shape index (κ2) is 8.18. The van der Waals surface area contributed by atoms with Crippen molar-refractivity contribution >= 4 is 40.7 Å². The Kier molecular flexibility index (Phi) is 6.22. The van der Waals surface area contributed by atoms with E-state index < -0.39 is 11.7 Å². The molecule has 2 aromatic carbocycles. The van der Waals surface area contributed by atoms with Crippen LogP contribution in [-0.4, -0.2) is 37.4 Å². The zero-order valence-electron chi connectivity index (χ0n) is 13.5. The fraction of sp³-hybridized carbons (Fsp3) is 0.176. The number of rotatable bonds is 5. The summed E-state index contributed by atoms with van der Waals surface area (Å²) >= 11 is 11.5. The van der Waals surface area contributed by atoms with E-state index in [9.17, 15) is 14.0 Å². The summed E-state index contributed by atoms with van der Waals surface area (Å²) in [6.45, 7) is -0.0850. The molecule has 0 saturated carbocycles. The minimum absolute atomic E-state index is 0.0273. The number of nitrogens with one attached hydrogen (secondary N) is 1. The van der Waals surface area contributed by atoms with Crippen molar-refractivity contribution < 1.29 is 18.7 Å². The first kappa shape index (κ1) is 19.0. The second-order valence-electron chi connectivity index (χ2n) is 5.30. The maximum absolute atomic E-state index is 13.5. The SMILES string of the molecule is CN(C)C(=O)COc1ccc(NC(=O)c2cc(F)c(Cl)cc2Cl)cc1. The fourth-order valence-electron chi connectivity index (χ4n) is 1.80. The number of carbonyl (C=O) groups excluding carboxylic acids is 2. The highest BCUT2D eigenvalue weighted by molar-refractivity contribution is 6.37. The van der Waals surface area contributed by atoms with E-state index in [1.54, 1.807) is 38.4 Å². The first-order chi connectivity index (χ1) is 11.8. The molecule has 0 unspecified atom stereocenters. The van der Waals surface area contributed by atoms with Crippen LogP contribution >= 0.6 is 23.2 Å². The van der Waals surface area contributed by atoms with E-state index in [-0.39, 0.29) is 28.1 Å². The van der Waals surface area contributed by atoms with Crippen LogP contribution in [0.15, 0.2) is 36.4 Å². The second-order valence-corrected chi connectivity index (χ2v) is 6.12. The molecule has 0 fully saturated rings. The lowest BCUT2D eigenvalue weighted by Crippen LogP contribution is -2.27. The number of amides is 2. The summed E-state index contributed by atoms with van der Waals surface area (Å²) in [7, 11) is 3.27. The molecule has 0 heterocycles. The summed E-state index contributed by atoms with van der Waals surface area (Å²) in [5.41, 5.74) is 0.434. The van der Waals surface area contributed by atoms with E-state index in [1.807, 2.05) is 0 Å². The zero-order valence-corrected chi connectivity index (χ0v) is 15.0. The van der Waals surface area contributed by atoms with Crippen LogP contribution in [0.1, 0.15) is 10.4 Å². The monoisotopic (exact) mass is 384 g/mol. The van der Waals surface area contributed by atoms with Crippen LogP contribution in [0.25, 0.3) is 0 Å². The predicted octanol–water partition coefficient (Wildman–Crippen LogP) is 3.85. The number of halogens is 3. The van der Waals surface area contributed by atoms with Gasteiger partial charge in [0.2, 0.25) is 0 Å². The summed E-state index contributed by atoms with van der Waals surface area (Å²) < 4.78 is 18.8. The largest absolute Gasteiger partial charge is 0.484 e. The molecule has 0 aliphatic heterocycles. The molecular formula is C17H15Cl2FN2O3. The smallest absolute Gasteiger partial charge is 0.259 e. The first-order valence-corrected chi connectivity index (χ1v) is 7.92. The lowest BCUT2D eigenvalue weighted by Gasteiger charge is -2.12. The molecule has 0 aliphatic rings. The lowest BCUT2D eigenvalue weighted by molar-refractivity contribution is -0.130. The molecule has 5 nitrogen and oxygen atoms in total. The van der Waals surface area contributed by atoms with Gasteiger partial charge >= 0.3 is 0 Å². The Morgan fingerprint density at radius 2 is 1.76 bits per heavy atom. The molecule has 0 radical (unpaired) electrons. The first-order valence-electron chi connectivity index (χ1n) is 7.17. The summed E-state index contributed by atoms with van der Waals surface area (Å²) in [4.78, 5) is 25.1. The Morgan fingerprint density at radius 3 is 2.36 bits per heavy atom. The average Bonchev–Trinajstić information content (AvgIpc) is 2.57. The Bertz CT molecular complexity index is 795. The van der Waals surface area contributed by atoms with E-state index in [1.165, 1.54) is 11.0 Å². The van der Waals surface area contributed by atoms with Gasteiger partial charge in [0.05, 0.1) is 15.6 Å². The van der Waals surface area contributed by atoms with E-state index in [0.29, 0.717) is 11.4 Å². The van der Waals surface area contributed by atoms with Gasteiger partial charge in [-0.1, -0.05) is 23.2 Å². The highest BCUT2D eigenvalue weighted by Crippen LogP contribution is 2.25. The molecule has 25 heavy (non-hydrogen) atoms. The van der Waals surface area contributed by atoms with Crippen molar-refractivity contribution in [3.05, 3.63) is 57.8 Å². The van der Waals surface area contributed by atoms with Crippen LogP contribution in [0.2, 0.25) is 10.0 Å². The molecule has 132 valence electrons. The molecular weight excluding hydrogens is 370 g/mol. The third-order valence-corrected chi connectivity index (χ3v) is 3.83. The van der Waals surface area contributed by atoms with Crippen molar-refractivity contribution in [2.24, 2.45) is 0 Å². The molecule has 0 saturated heterocycles. The van der Waals surface area contributed by atoms with E-state index in [2.05, 4.69) is 5.32 Å². The van der Waals surface area contributed by atoms with Gasteiger partial charge in [-0.3, -0.25) is 9.59 Å². The third-order valence-electron chi connectivity index (χ3n) is 3.23. The Labute approximate surface area is 154 Å². The van der Waals surface area contributed by atoms with Gasteiger partial charge in [0, 0.05) is 19.8 Å². The molecule has 0 aliphatic carbocycles. The highest BCUT2D eigenvalue weighted by Gasteiger charge is 2.14. The van der Waals surface area contributed by atoms with Gasteiger partial charge in [0.1, 0.15) is 11.6 Å². The van der Waals surface area contributed by atoms with E-state index in [0.717, 1.165) is 6.07 Å². The lowest BCUT2D eigenvalue weighted by atomic mass is 10.2. The van der Waals surface area contributed by atoms with Crippen molar-refractivity contribution in [3.63, 3.8) is 0 Å². The van der Waals surface area contributed by atoms with Crippen LogP contribution in [0.5, 0.6) is 5.75 Å². The average molecular weight is 385 g/mol. The number of nitrogens with zero attached hydrogens (tertiary/aromatic N) is 1. The minimum atomic E-state index is -0.731. The fourth-order valence-corrected chi connectivity index (χ4v) is 2.27. The summed E-state index contributed by atoms with van der Waals surface area (Å²) in [5.74, 6) is -0.997. The third kappa shape index (κ3) is 5.08. The number of hydrogen-bond donors (Lipinski definition) is 1. The van der Waals surface area contributed by atoms with Gasteiger partial charge < -0.3 is 15.0 Å². The maximum atomic E-state index is 13.5. The van der Waals surface area contributed by atoms with Gasteiger partial charge in [-0.25, -0.2) is 4.39 Å². The predicted molar refractivity (Wildman–Crippen MR) is 95.0 cm³/mol. The Hall–Kier alpha value is -2.31. The number of likely N-dealkylation sites (N-methyl/N-ethyl adjacent to an activating group) is 1. The summed E-state index contributed by atoms with van der Waals surface area (Å²) in [6, 6.07) is 8.53. The molecule has 8 heteroatoms. The van der Waals surface area contributed by atoms with E-state index >= 15 is 0 Å². The standard InChI is InChI=1S/C17H15Cl2FN2O3/c1-22(2)16(23)9-25-11-5-3-10(4-6-11)21-17(24)12-7-15(20)14(19)8-13(12)18/h3-8H,9H2,1-2H3,(H,21,24). The van der Waals surface area contributed by atoms with Gasteiger partial charge in [0.15, 0.2) is 6.61 Å². The van der Waals surface area contributed by atoms with Gasteiger partial charge in [-0.2, -0.15) is 0 Å². The molecule has 2 rings (SSSR count). The topological polar surface area (TPSA) is 58.6 Å². The molecule has 0 atom stereocenters. The van der Waals surface area contributed by atoms with Crippen LogP contribution in [0.3, 0.4) is 0 Å². The van der Waals surface area contributed by atoms with Crippen LogP contribution < -0.4 is 10.1 Å². The van der Waals surface area contributed by atoms with Crippen molar-refractivity contribution in [2.75, 3.05) is 26.0 Å². The molecule has 2 aromatic rings. The highest BCUT2D eigenvalue weighted by atomic mass is 35.5.